The van der Waals surface area contributed by atoms with Crippen LogP contribution in [-0.4, -0.2) is 122 Å². The summed E-state index contributed by atoms with van der Waals surface area (Å²) in [4.78, 5) is 25.6. The van der Waals surface area contributed by atoms with Crippen molar-refractivity contribution >= 4 is 24.3 Å². The number of nitrogens with zero attached hydrogens (tertiary/aromatic N) is 1. The summed E-state index contributed by atoms with van der Waals surface area (Å²) in [7, 11) is 4.27. The molecule has 1 amide bonds. The molecule has 10 heteroatoms. The Morgan fingerprint density at radius 1 is 0.702 bits per heavy atom. The molecule has 272 valence electrons. The van der Waals surface area contributed by atoms with Crippen LogP contribution in [0.25, 0.3) is 0 Å². The van der Waals surface area contributed by atoms with Crippen molar-refractivity contribution in [2.45, 2.75) is 77.6 Å². The van der Waals surface area contributed by atoms with Crippen LogP contribution in [0.2, 0.25) is 0 Å². The number of carbonyl (C=O) groups excluding carboxylic acids is 2. The number of carbonyl (C=O) groups is 2. The minimum Gasteiger partial charge on any atom is -0.379 e. The quantitative estimate of drug-likeness (QED) is 0.0560. The van der Waals surface area contributed by atoms with Gasteiger partial charge in [-0.1, -0.05) is 75.3 Å². The molecule has 0 aliphatic carbocycles. The number of ether oxygens (including phenoxy) is 5. The molecule has 1 unspecified atom stereocenters. The number of rotatable bonds is 34. The smallest absolute Gasteiger partial charge is 0.224 e. The lowest BCUT2D eigenvalue weighted by molar-refractivity contribution is -0.887. The topological polar surface area (TPSA) is 92.3 Å². The molecule has 0 heterocycles. The first kappa shape index (κ1) is 43.5. The molecule has 0 radical (unpaired) electrons. The van der Waals surface area contributed by atoms with Gasteiger partial charge in [-0.3, -0.25) is 9.59 Å². The number of benzene rings is 1. The molecule has 0 aliphatic rings. The van der Waals surface area contributed by atoms with Gasteiger partial charge in [0.25, 0.3) is 0 Å². The van der Waals surface area contributed by atoms with Gasteiger partial charge in [-0.2, -0.15) is 12.6 Å². The van der Waals surface area contributed by atoms with E-state index in [4.69, 9.17) is 23.7 Å². The van der Waals surface area contributed by atoms with Gasteiger partial charge in [0, 0.05) is 18.9 Å². The largest absolute Gasteiger partial charge is 0.379 e. The molecule has 1 atom stereocenters. The average molecular weight is 684 g/mol. The number of likely N-dealkylation sites (N-methyl/N-ethyl adjacent to an activating group) is 1. The summed E-state index contributed by atoms with van der Waals surface area (Å²) >= 11 is 4.25. The number of unbranched alkanes of at least 4 members (excludes halogenated alkanes) is 8. The van der Waals surface area contributed by atoms with Gasteiger partial charge < -0.3 is 33.5 Å². The van der Waals surface area contributed by atoms with E-state index in [0.29, 0.717) is 65.8 Å². The number of quaternary nitrogens is 1. The number of nitrogens with one attached hydrogen (secondary N) is 1. The zero-order chi connectivity index (χ0) is 34.3. The Balaban J connectivity index is 1.99. The van der Waals surface area contributed by atoms with Gasteiger partial charge >= 0.3 is 0 Å². The highest BCUT2D eigenvalue weighted by Crippen LogP contribution is 2.14. The molecule has 0 spiro atoms. The van der Waals surface area contributed by atoms with E-state index in [2.05, 4.69) is 39.0 Å². The Morgan fingerprint density at radius 2 is 1.19 bits per heavy atom. The van der Waals surface area contributed by atoms with E-state index in [1.807, 2.05) is 30.3 Å². The fourth-order valence-electron chi connectivity index (χ4n) is 4.89. The molecular formula is C37H67N2O7S+. The Labute approximate surface area is 291 Å². The highest BCUT2D eigenvalue weighted by atomic mass is 32.1. The van der Waals surface area contributed by atoms with Gasteiger partial charge in [-0.15, -0.1) is 0 Å². The number of amides is 1. The minimum absolute atomic E-state index is 0.0311. The lowest BCUT2D eigenvalue weighted by Gasteiger charge is -2.28. The Kier molecular flexibility index (Phi) is 28.2. The first-order chi connectivity index (χ1) is 22.9. The van der Waals surface area contributed by atoms with Crippen molar-refractivity contribution in [1.29, 1.82) is 0 Å². The first-order valence-corrected chi connectivity index (χ1v) is 18.7. The molecule has 1 aromatic carbocycles. The Morgan fingerprint density at radius 3 is 1.72 bits per heavy atom. The molecule has 0 aromatic heterocycles. The third-order valence-electron chi connectivity index (χ3n) is 8.24. The van der Waals surface area contributed by atoms with Crippen LogP contribution in [-0.2, 0) is 39.7 Å². The first-order valence-electron chi connectivity index (χ1n) is 18.0. The Bertz CT molecular complexity index is 876. The van der Waals surface area contributed by atoms with Gasteiger partial charge in [0.05, 0.1) is 86.6 Å². The number of hydrogen-bond acceptors (Lipinski definition) is 8. The molecule has 0 aliphatic heterocycles. The van der Waals surface area contributed by atoms with Crippen LogP contribution >= 0.6 is 12.6 Å². The summed E-state index contributed by atoms with van der Waals surface area (Å²) in [5.74, 6) is 0.415. The van der Waals surface area contributed by atoms with E-state index < -0.39 is 5.92 Å². The molecule has 0 saturated carbocycles. The van der Waals surface area contributed by atoms with Crippen molar-refractivity contribution in [2.75, 3.05) is 106 Å². The summed E-state index contributed by atoms with van der Waals surface area (Å²) in [5, 5.41) is 3.04. The summed E-state index contributed by atoms with van der Waals surface area (Å²) in [6, 6.07) is 9.82. The van der Waals surface area contributed by atoms with Crippen molar-refractivity contribution < 1.29 is 37.8 Å². The lowest BCUT2D eigenvalue weighted by Crippen LogP contribution is -2.46. The van der Waals surface area contributed by atoms with E-state index >= 15 is 0 Å². The van der Waals surface area contributed by atoms with Crippen molar-refractivity contribution in [3.05, 3.63) is 35.9 Å². The van der Waals surface area contributed by atoms with Crippen molar-refractivity contribution in [1.82, 2.24) is 5.32 Å². The maximum absolute atomic E-state index is 13.0. The van der Waals surface area contributed by atoms with Crippen molar-refractivity contribution in [2.24, 2.45) is 5.92 Å². The SMILES string of the molecule is CC[N+](C)(C)CCNC(=O)C(CC(=O)COCCOCCOCCOCCOCCCCCCCCCCCS)Cc1ccccc1. The number of hydrogen-bond donors (Lipinski definition) is 2. The molecule has 0 fully saturated rings. The predicted octanol–water partition coefficient (Wildman–Crippen LogP) is 5.54. The van der Waals surface area contributed by atoms with E-state index in [9.17, 15) is 9.59 Å². The third kappa shape index (κ3) is 27.0. The molecule has 47 heavy (non-hydrogen) atoms. The second-order valence-electron chi connectivity index (χ2n) is 12.8. The molecule has 1 N–H and O–H groups in total. The van der Waals surface area contributed by atoms with Crippen LogP contribution in [0.5, 0.6) is 0 Å². The van der Waals surface area contributed by atoms with Crippen LogP contribution in [0, 0.1) is 5.92 Å². The van der Waals surface area contributed by atoms with E-state index in [1.54, 1.807) is 0 Å². The summed E-state index contributed by atoms with van der Waals surface area (Å²) in [5.41, 5.74) is 1.04. The standard InChI is InChI=1S/C37H66N2O7S/c1-4-39(2,3)20-19-38-37(41)35(31-34-17-13-12-14-18-34)32-36(40)33-46-29-28-45-27-26-44-25-24-43-23-22-42-21-15-10-8-6-5-7-9-11-16-30-47/h12-14,17-18,35H,4-11,15-16,19-33H2,1-3H3,(H-,38,41,47)/p+1. The zero-order valence-corrected chi connectivity index (χ0v) is 30.8. The maximum Gasteiger partial charge on any atom is 0.224 e. The summed E-state index contributed by atoms with van der Waals surface area (Å²) in [6.07, 6.45) is 12.3. The van der Waals surface area contributed by atoms with E-state index in [0.717, 1.165) is 41.9 Å². The van der Waals surface area contributed by atoms with Crippen LogP contribution in [0.3, 0.4) is 0 Å². The number of Topliss-reactive ketones (excluding diaryl/α,β-unsaturated/α-hetero) is 1. The van der Waals surface area contributed by atoms with E-state index in [1.165, 1.54) is 51.4 Å². The monoisotopic (exact) mass is 683 g/mol. The van der Waals surface area contributed by atoms with Crippen molar-refractivity contribution in [3.8, 4) is 0 Å². The van der Waals surface area contributed by atoms with Gasteiger partial charge in [0.15, 0.2) is 5.78 Å². The predicted molar refractivity (Wildman–Crippen MR) is 193 cm³/mol. The second-order valence-corrected chi connectivity index (χ2v) is 13.3. The molecular weight excluding hydrogens is 616 g/mol. The van der Waals surface area contributed by atoms with Crippen LogP contribution in [0.4, 0.5) is 0 Å². The Hall–Kier alpha value is -1.53. The van der Waals surface area contributed by atoms with Gasteiger partial charge in [0.1, 0.15) is 6.61 Å². The molecule has 0 bridgehead atoms. The maximum atomic E-state index is 13.0. The minimum atomic E-state index is -0.427. The molecule has 1 aromatic rings. The third-order valence-corrected chi connectivity index (χ3v) is 8.56. The second kappa shape index (κ2) is 30.5. The highest BCUT2D eigenvalue weighted by Gasteiger charge is 2.23. The van der Waals surface area contributed by atoms with Crippen LogP contribution in [0.1, 0.15) is 76.7 Å². The van der Waals surface area contributed by atoms with Crippen LogP contribution in [0.15, 0.2) is 30.3 Å². The number of thiol groups is 1. The van der Waals surface area contributed by atoms with E-state index in [-0.39, 0.29) is 24.7 Å². The fraction of sp³-hybridized carbons (Fsp3) is 0.784. The van der Waals surface area contributed by atoms with Gasteiger partial charge in [0.2, 0.25) is 5.91 Å². The van der Waals surface area contributed by atoms with Gasteiger partial charge in [-0.05, 0) is 37.5 Å². The summed E-state index contributed by atoms with van der Waals surface area (Å²) in [6.45, 7) is 9.15. The fourth-order valence-corrected chi connectivity index (χ4v) is 5.12. The lowest BCUT2D eigenvalue weighted by atomic mass is 9.93. The zero-order valence-electron chi connectivity index (χ0n) is 29.9. The molecule has 1 rings (SSSR count). The number of ketones is 1. The normalized spacial score (nSPS) is 12.3. The van der Waals surface area contributed by atoms with Crippen molar-refractivity contribution in [3.63, 3.8) is 0 Å². The van der Waals surface area contributed by atoms with Crippen LogP contribution < -0.4 is 5.32 Å². The highest BCUT2D eigenvalue weighted by molar-refractivity contribution is 7.80. The molecule has 9 nitrogen and oxygen atoms in total. The summed E-state index contributed by atoms with van der Waals surface area (Å²) < 4.78 is 28.6. The average Bonchev–Trinajstić information content (AvgIpc) is 3.06. The molecule has 0 saturated heterocycles. The van der Waals surface area contributed by atoms with Gasteiger partial charge in [-0.25, -0.2) is 0 Å².